The number of nitrogens with one attached hydrogen (secondary N) is 1. The van der Waals surface area contributed by atoms with E-state index in [1.807, 2.05) is 6.07 Å². The van der Waals surface area contributed by atoms with E-state index in [0.717, 1.165) is 18.2 Å². The van der Waals surface area contributed by atoms with Crippen molar-refractivity contribution in [1.82, 2.24) is 10.2 Å². The van der Waals surface area contributed by atoms with Crippen molar-refractivity contribution in [3.63, 3.8) is 0 Å². The predicted octanol–water partition coefficient (Wildman–Crippen LogP) is 3.19. The normalized spacial score (nSPS) is 24.8. The average Bonchev–Trinajstić information content (AvgIpc) is 3.32. The zero-order chi connectivity index (χ0) is 25.0. The van der Waals surface area contributed by atoms with Gasteiger partial charge in [-0.25, -0.2) is 13.2 Å². The fourth-order valence-electron chi connectivity index (χ4n) is 4.22. The number of halogens is 3. The largest absolute Gasteiger partial charge is 0.465 e. The molecule has 2 fully saturated rings. The van der Waals surface area contributed by atoms with Crippen LogP contribution in [0.2, 0.25) is 0 Å². The summed E-state index contributed by atoms with van der Waals surface area (Å²) in [5, 5.41) is 21.5. The standard InChI is InChI=1S/C21H24F3N3O5S/c1-18(2,3)20(33(31,32)14-6-4-5-13(9-14)21(22,23)24)10-15(27(12-20)17(29)30)16(28)26-19(11-25)7-8-19/h4-6,9,15H,7-8,10,12H2,1-3H3,(H,26,28)(H,29,30)/t15-,20+/m0/s1. The molecule has 1 heterocycles. The van der Waals surface area contributed by atoms with Gasteiger partial charge in [-0.3, -0.25) is 9.69 Å². The second kappa shape index (κ2) is 7.62. The Morgan fingerprint density at radius 2 is 1.85 bits per heavy atom. The van der Waals surface area contributed by atoms with E-state index in [9.17, 15) is 41.5 Å². The monoisotopic (exact) mass is 487 g/mol. The third-order valence-corrected chi connectivity index (χ3v) is 9.36. The third kappa shape index (κ3) is 4.14. The first-order valence-electron chi connectivity index (χ1n) is 10.1. The van der Waals surface area contributed by atoms with Crippen molar-refractivity contribution in [2.45, 2.75) is 67.4 Å². The molecule has 2 atom stereocenters. The van der Waals surface area contributed by atoms with E-state index >= 15 is 0 Å². The molecule has 1 aliphatic carbocycles. The van der Waals surface area contributed by atoms with Crippen LogP contribution in [0.25, 0.3) is 0 Å². The van der Waals surface area contributed by atoms with Crippen molar-refractivity contribution in [2.24, 2.45) is 5.41 Å². The molecule has 1 aromatic rings. The van der Waals surface area contributed by atoms with Gasteiger partial charge in [-0.1, -0.05) is 26.8 Å². The molecule has 2 amide bonds. The molecule has 1 saturated carbocycles. The fraction of sp³-hybridized carbons (Fsp3) is 0.571. The van der Waals surface area contributed by atoms with Crippen molar-refractivity contribution >= 4 is 21.8 Å². The molecule has 0 radical (unpaired) electrons. The van der Waals surface area contributed by atoms with Gasteiger partial charge in [0.05, 0.1) is 16.5 Å². The number of carbonyl (C=O) groups is 2. The number of rotatable bonds is 4. The highest BCUT2D eigenvalue weighted by Crippen LogP contribution is 2.50. The van der Waals surface area contributed by atoms with Gasteiger partial charge in [-0.2, -0.15) is 18.4 Å². The van der Waals surface area contributed by atoms with Crippen LogP contribution in [0.5, 0.6) is 0 Å². The van der Waals surface area contributed by atoms with Gasteiger partial charge >= 0.3 is 12.3 Å². The highest BCUT2D eigenvalue weighted by Gasteiger charge is 2.63. The lowest BCUT2D eigenvalue weighted by molar-refractivity contribution is -0.137. The molecule has 2 aliphatic rings. The van der Waals surface area contributed by atoms with Crippen LogP contribution >= 0.6 is 0 Å². The van der Waals surface area contributed by atoms with Crippen LogP contribution < -0.4 is 5.32 Å². The number of likely N-dealkylation sites (tertiary alicyclic amines) is 1. The smallest absolute Gasteiger partial charge is 0.416 e. The van der Waals surface area contributed by atoms with Gasteiger partial charge in [-0.05, 0) is 42.9 Å². The maximum Gasteiger partial charge on any atom is 0.416 e. The number of carboxylic acid groups (broad SMARTS) is 1. The molecule has 2 N–H and O–H groups in total. The van der Waals surface area contributed by atoms with E-state index in [-0.39, 0.29) is 0 Å². The lowest BCUT2D eigenvalue weighted by Gasteiger charge is -2.40. The van der Waals surface area contributed by atoms with Crippen molar-refractivity contribution in [3.8, 4) is 6.07 Å². The first-order chi connectivity index (χ1) is 15.0. The van der Waals surface area contributed by atoms with E-state index in [2.05, 4.69) is 5.32 Å². The molecule has 0 bridgehead atoms. The quantitative estimate of drug-likeness (QED) is 0.672. The lowest BCUT2D eigenvalue weighted by atomic mass is 9.78. The molecule has 3 rings (SSSR count). The minimum absolute atomic E-state index is 0.391. The second-order valence-corrected chi connectivity index (χ2v) is 11.8. The van der Waals surface area contributed by atoms with Crippen LogP contribution in [0, 0.1) is 16.7 Å². The Morgan fingerprint density at radius 1 is 1.24 bits per heavy atom. The van der Waals surface area contributed by atoms with E-state index in [0.29, 0.717) is 23.8 Å². The molecule has 8 nitrogen and oxygen atoms in total. The molecule has 0 spiro atoms. The summed E-state index contributed by atoms with van der Waals surface area (Å²) in [4.78, 5) is 25.0. The first kappa shape index (κ1) is 24.8. The predicted molar refractivity (Wildman–Crippen MR) is 110 cm³/mol. The van der Waals surface area contributed by atoms with E-state index in [1.165, 1.54) is 20.8 Å². The summed E-state index contributed by atoms with van der Waals surface area (Å²) in [5.41, 5.74) is -3.41. The number of carbonyl (C=O) groups excluding carboxylic acids is 1. The molecule has 0 aromatic heterocycles. The summed E-state index contributed by atoms with van der Waals surface area (Å²) in [6.07, 6.45) is -6.00. The van der Waals surface area contributed by atoms with Gasteiger partial charge in [0.25, 0.3) is 0 Å². The van der Waals surface area contributed by atoms with Gasteiger partial charge in [0.1, 0.15) is 16.3 Å². The Hall–Kier alpha value is -2.81. The number of alkyl halides is 3. The Morgan fingerprint density at radius 3 is 2.30 bits per heavy atom. The SMILES string of the molecule is CC(C)(C)[C@@]1(S(=O)(=O)c2cccc(C(F)(F)F)c2)C[C@@H](C(=O)NC2(C#N)CC2)N(C(=O)O)C1. The summed E-state index contributed by atoms with van der Waals surface area (Å²) < 4.78 is 65.4. The highest BCUT2D eigenvalue weighted by atomic mass is 32.2. The zero-order valence-corrected chi connectivity index (χ0v) is 19.0. The van der Waals surface area contributed by atoms with Crippen LogP contribution in [0.15, 0.2) is 29.2 Å². The average molecular weight is 488 g/mol. The zero-order valence-electron chi connectivity index (χ0n) is 18.2. The Bertz CT molecular complexity index is 1130. The van der Waals surface area contributed by atoms with Crippen LogP contribution in [-0.2, 0) is 20.8 Å². The van der Waals surface area contributed by atoms with E-state index < -0.39 is 73.2 Å². The second-order valence-electron chi connectivity index (χ2n) is 9.59. The number of amides is 2. The fourth-order valence-corrected chi connectivity index (χ4v) is 6.71. The van der Waals surface area contributed by atoms with Gasteiger partial charge in [0, 0.05) is 6.54 Å². The minimum Gasteiger partial charge on any atom is -0.465 e. The molecule has 12 heteroatoms. The number of hydrogen-bond acceptors (Lipinski definition) is 5. The summed E-state index contributed by atoms with van der Waals surface area (Å²) >= 11 is 0. The summed E-state index contributed by atoms with van der Waals surface area (Å²) in [6, 6.07) is 3.81. The molecule has 0 unspecified atom stereocenters. The van der Waals surface area contributed by atoms with Crippen LogP contribution in [0.3, 0.4) is 0 Å². The van der Waals surface area contributed by atoms with Crippen molar-refractivity contribution < 1.29 is 36.3 Å². The van der Waals surface area contributed by atoms with Crippen molar-refractivity contribution in [2.75, 3.05) is 6.54 Å². The number of hydrogen-bond donors (Lipinski definition) is 2. The molecule has 1 aromatic carbocycles. The number of nitrogens with zero attached hydrogens (tertiary/aromatic N) is 2. The van der Waals surface area contributed by atoms with E-state index in [4.69, 9.17) is 0 Å². The lowest BCUT2D eigenvalue weighted by Crippen LogP contribution is -2.52. The molecule has 180 valence electrons. The topological polar surface area (TPSA) is 128 Å². The van der Waals surface area contributed by atoms with Crippen molar-refractivity contribution in [3.05, 3.63) is 29.8 Å². The van der Waals surface area contributed by atoms with Crippen LogP contribution in [0.1, 0.15) is 45.6 Å². The van der Waals surface area contributed by atoms with Gasteiger partial charge in [-0.15, -0.1) is 0 Å². The number of benzene rings is 1. The first-order valence-corrected chi connectivity index (χ1v) is 11.6. The maximum atomic E-state index is 13.8. The summed E-state index contributed by atoms with van der Waals surface area (Å²) in [6.45, 7) is 4.00. The van der Waals surface area contributed by atoms with Gasteiger partial charge < -0.3 is 10.4 Å². The third-order valence-electron chi connectivity index (χ3n) is 6.55. The number of sulfone groups is 1. The molecule has 1 saturated heterocycles. The van der Waals surface area contributed by atoms with Crippen molar-refractivity contribution in [1.29, 1.82) is 5.26 Å². The minimum atomic E-state index is -4.78. The van der Waals surface area contributed by atoms with E-state index in [1.54, 1.807) is 0 Å². The Kier molecular flexibility index (Phi) is 5.73. The summed E-state index contributed by atoms with van der Waals surface area (Å²) in [7, 11) is -4.56. The molecule has 33 heavy (non-hydrogen) atoms. The van der Waals surface area contributed by atoms with Gasteiger partial charge in [0.15, 0.2) is 9.84 Å². The maximum absolute atomic E-state index is 13.8. The van der Waals surface area contributed by atoms with Gasteiger partial charge in [0.2, 0.25) is 5.91 Å². The molecular weight excluding hydrogens is 463 g/mol. The highest BCUT2D eigenvalue weighted by molar-refractivity contribution is 7.93. The van der Waals surface area contributed by atoms with Crippen LogP contribution in [-0.4, -0.2) is 53.3 Å². The Labute approximate surface area is 189 Å². The Balaban J connectivity index is 2.10. The molecular formula is C21H24F3N3O5S. The number of nitriles is 1. The summed E-state index contributed by atoms with van der Waals surface area (Å²) in [5.74, 6) is -0.804. The van der Waals surface area contributed by atoms with Crippen LogP contribution in [0.4, 0.5) is 18.0 Å². The molecule has 1 aliphatic heterocycles.